The Morgan fingerprint density at radius 1 is 0.857 bits per heavy atom. The van der Waals surface area contributed by atoms with Crippen molar-refractivity contribution in [2.45, 2.75) is 6.92 Å². The number of rotatable bonds is 2. The van der Waals surface area contributed by atoms with E-state index in [9.17, 15) is 5.11 Å². The molecule has 0 unspecified atom stereocenters. The van der Waals surface area contributed by atoms with E-state index in [0.717, 1.165) is 38.8 Å². The number of aromatic hydroxyl groups is 1. The molecule has 4 nitrogen and oxygen atoms in total. The minimum atomic E-state index is 0.177. The van der Waals surface area contributed by atoms with Gasteiger partial charge >= 0.3 is 0 Å². The fourth-order valence-corrected chi connectivity index (χ4v) is 3.89. The van der Waals surface area contributed by atoms with Gasteiger partial charge in [-0.15, -0.1) is 0 Å². The molecule has 0 aliphatic rings. The molecule has 0 aliphatic heterocycles. The van der Waals surface area contributed by atoms with Crippen molar-refractivity contribution in [3.8, 4) is 22.7 Å². The number of nitrogens with two attached hydrogens (primary N) is 1. The Bertz CT molecular complexity index is 1330. The highest BCUT2D eigenvalue weighted by Crippen LogP contribution is 2.38. The zero-order valence-corrected chi connectivity index (χ0v) is 15.4. The van der Waals surface area contributed by atoms with Gasteiger partial charge in [-0.2, -0.15) is 0 Å². The van der Waals surface area contributed by atoms with Crippen molar-refractivity contribution in [2.75, 3.05) is 5.73 Å². The van der Waals surface area contributed by atoms with E-state index >= 15 is 0 Å². The zero-order valence-electron chi connectivity index (χ0n) is 15.4. The molecule has 3 aromatic carbocycles. The Morgan fingerprint density at radius 3 is 2.50 bits per heavy atom. The summed E-state index contributed by atoms with van der Waals surface area (Å²) in [5.74, 6) is 1.05. The molecule has 0 saturated heterocycles. The van der Waals surface area contributed by atoms with Gasteiger partial charge in [-0.3, -0.25) is 4.57 Å². The van der Waals surface area contributed by atoms with Crippen molar-refractivity contribution in [1.29, 1.82) is 0 Å². The molecule has 0 fully saturated rings. The smallest absolute Gasteiger partial charge is 0.137 e. The Balaban J connectivity index is 1.89. The lowest BCUT2D eigenvalue weighted by molar-refractivity contribution is 0.477. The Kier molecular flexibility index (Phi) is 3.59. The number of anilines is 1. The van der Waals surface area contributed by atoms with Crippen LogP contribution in [0.3, 0.4) is 0 Å². The molecule has 4 heteroatoms. The number of aromatic nitrogens is 2. The zero-order chi connectivity index (χ0) is 19.3. The van der Waals surface area contributed by atoms with Crippen LogP contribution in [0.2, 0.25) is 0 Å². The second kappa shape index (κ2) is 6.13. The average molecular weight is 365 g/mol. The molecule has 0 atom stereocenters. The molecule has 0 amide bonds. The van der Waals surface area contributed by atoms with Gasteiger partial charge < -0.3 is 10.8 Å². The number of hydrogen-bond acceptors (Lipinski definition) is 3. The monoisotopic (exact) mass is 365 g/mol. The fraction of sp³-hybridized carbons (Fsp3) is 0.0417. The van der Waals surface area contributed by atoms with E-state index < -0.39 is 0 Å². The van der Waals surface area contributed by atoms with E-state index in [1.165, 1.54) is 0 Å². The van der Waals surface area contributed by atoms with Crippen LogP contribution in [0.5, 0.6) is 5.75 Å². The fourth-order valence-electron chi connectivity index (χ4n) is 3.89. The largest absolute Gasteiger partial charge is 0.507 e. The van der Waals surface area contributed by atoms with E-state index in [1.807, 2.05) is 30.5 Å². The topological polar surface area (TPSA) is 64.1 Å². The van der Waals surface area contributed by atoms with Crippen molar-refractivity contribution in [3.05, 3.63) is 84.6 Å². The van der Waals surface area contributed by atoms with Gasteiger partial charge in [0, 0.05) is 28.2 Å². The lowest BCUT2D eigenvalue weighted by Crippen LogP contribution is -1.97. The number of aryl methyl sites for hydroxylation is 1. The summed E-state index contributed by atoms with van der Waals surface area (Å²) < 4.78 is 2.16. The number of hydrogen-bond donors (Lipinski definition) is 2. The molecule has 3 N–H and O–H groups in total. The molecule has 0 bridgehead atoms. The first-order chi connectivity index (χ1) is 13.6. The lowest BCUT2D eigenvalue weighted by atomic mass is 10.0. The maximum atomic E-state index is 10.4. The van der Waals surface area contributed by atoms with Crippen LogP contribution >= 0.6 is 0 Å². The summed E-state index contributed by atoms with van der Waals surface area (Å²) in [4.78, 5) is 4.61. The summed E-state index contributed by atoms with van der Waals surface area (Å²) in [5.41, 5.74) is 11.5. The van der Waals surface area contributed by atoms with Crippen molar-refractivity contribution < 1.29 is 5.11 Å². The van der Waals surface area contributed by atoms with Gasteiger partial charge in [0.2, 0.25) is 0 Å². The standard InChI is InChI=1S/C24H19N3O/c1-15-11-12-26-23(13-15)27-20-7-3-2-5-17(20)18-10-9-16(14-21(18)27)24-19(25)6-4-8-22(24)28/h2-14,28H,25H2,1H3. The minimum Gasteiger partial charge on any atom is -0.507 e. The normalized spacial score (nSPS) is 11.3. The Morgan fingerprint density at radius 2 is 1.68 bits per heavy atom. The number of pyridine rings is 1. The average Bonchev–Trinajstić information content (AvgIpc) is 3.01. The van der Waals surface area contributed by atoms with E-state index in [0.29, 0.717) is 11.3 Å². The van der Waals surface area contributed by atoms with Crippen molar-refractivity contribution >= 4 is 27.5 Å². The molecular formula is C24H19N3O. The van der Waals surface area contributed by atoms with Gasteiger partial charge in [-0.25, -0.2) is 4.98 Å². The molecular weight excluding hydrogens is 346 g/mol. The van der Waals surface area contributed by atoms with Crippen molar-refractivity contribution in [2.24, 2.45) is 0 Å². The van der Waals surface area contributed by atoms with Gasteiger partial charge in [-0.05, 0) is 54.4 Å². The SMILES string of the molecule is Cc1ccnc(-n2c3ccccc3c3ccc(-c4c(N)cccc4O)cc32)c1. The molecule has 5 aromatic rings. The number of benzene rings is 3. The highest BCUT2D eigenvalue weighted by Gasteiger charge is 2.15. The summed E-state index contributed by atoms with van der Waals surface area (Å²) in [6.45, 7) is 2.06. The van der Waals surface area contributed by atoms with E-state index in [4.69, 9.17) is 5.73 Å². The molecule has 136 valence electrons. The third-order valence-electron chi connectivity index (χ3n) is 5.17. The Labute approximate surface area is 162 Å². The number of fused-ring (bicyclic) bond motifs is 3. The van der Waals surface area contributed by atoms with Crippen LogP contribution in [-0.2, 0) is 0 Å². The summed E-state index contributed by atoms with van der Waals surface area (Å²) >= 11 is 0. The molecule has 0 spiro atoms. The maximum Gasteiger partial charge on any atom is 0.137 e. The van der Waals surface area contributed by atoms with Crippen LogP contribution < -0.4 is 5.73 Å². The number of nitrogen functional groups attached to an aromatic ring is 1. The number of para-hydroxylation sites is 1. The molecule has 2 aromatic heterocycles. The van der Waals surface area contributed by atoms with Crippen LogP contribution in [0.25, 0.3) is 38.8 Å². The lowest BCUT2D eigenvalue weighted by Gasteiger charge is -2.11. The first-order valence-corrected chi connectivity index (χ1v) is 9.17. The molecule has 0 radical (unpaired) electrons. The maximum absolute atomic E-state index is 10.4. The van der Waals surface area contributed by atoms with Crippen LogP contribution in [0, 0.1) is 6.92 Å². The van der Waals surface area contributed by atoms with Crippen molar-refractivity contribution in [3.63, 3.8) is 0 Å². The van der Waals surface area contributed by atoms with Gasteiger partial charge in [0.05, 0.1) is 11.0 Å². The summed E-state index contributed by atoms with van der Waals surface area (Å²) in [6, 6.07) is 23.8. The van der Waals surface area contributed by atoms with Crippen molar-refractivity contribution in [1.82, 2.24) is 9.55 Å². The molecule has 0 saturated carbocycles. The van der Waals surface area contributed by atoms with E-state index in [-0.39, 0.29) is 5.75 Å². The van der Waals surface area contributed by atoms with E-state index in [1.54, 1.807) is 18.2 Å². The van der Waals surface area contributed by atoms with E-state index in [2.05, 4.69) is 46.8 Å². The third-order valence-corrected chi connectivity index (χ3v) is 5.17. The number of nitrogens with zero attached hydrogens (tertiary/aromatic N) is 2. The van der Waals surface area contributed by atoms with Gasteiger partial charge in [0.1, 0.15) is 11.6 Å². The Hall–Kier alpha value is -3.79. The van der Waals surface area contributed by atoms with Gasteiger partial charge in [0.15, 0.2) is 0 Å². The molecule has 2 heterocycles. The predicted molar refractivity (Wildman–Crippen MR) is 115 cm³/mol. The van der Waals surface area contributed by atoms with Crippen LogP contribution in [0.4, 0.5) is 5.69 Å². The highest BCUT2D eigenvalue weighted by molar-refractivity contribution is 6.10. The summed E-state index contributed by atoms with van der Waals surface area (Å²) in [7, 11) is 0. The first-order valence-electron chi connectivity index (χ1n) is 9.17. The quantitative estimate of drug-likeness (QED) is 0.409. The summed E-state index contributed by atoms with van der Waals surface area (Å²) in [5, 5.41) is 12.7. The second-order valence-corrected chi connectivity index (χ2v) is 7.02. The summed E-state index contributed by atoms with van der Waals surface area (Å²) in [6.07, 6.45) is 1.83. The molecule has 5 rings (SSSR count). The molecule has 0 aliphatic carbocycles. The van der Waals surface area contributed by atoms with Gasteiger partial charge in [0.25, 0.3) is 0 Å². The minimum absolute atomic E-state index is 0.177. The molecule has 28 heavy (non-hydrogen) atoms. The number of phenolic OH excluding ortho intramolecular Hbond substituents is 1. The second-order valence-electron chi connectivity index (χ2n) is 7.02. The first kappa shape index (κ1) is 16.4. The van der Waals surface area contributed by atoms with Crippen LogP contribution in [-0.4, -0.2) is 14.7 Å². The highest BCUT2D eigenvalue weighted by atomic mass is 16.3. The number of phenols is 1. The third kappa shape index (κ3) is 2.42. The van der Waals surface area contributed by atoms with Crippen LogP contribution in [0.1, 0.15) is 5.56 Å². The van der Waals surface area contributed by atoms with Gasteiger partial charge in [-0.1, -0.05) is 36.4 Å². The predicted octanol–water partition coefficient (Wildman–Crippen LogP) is 5.44. The van der Waals surface area contributed by atoms with Crippen LogP contribution in [0.15, 0.2) is 79.0 Å².